The Bertz CT molecular complexity index is 561. The fourth-order valence-corrected chi connectivity index (χ4v) is 3.41. The number of ether oxygens (including phenoxy) is 1. The van der Waals surface area contributed by atoms with Gasteiger partial charge in [-0.05, 0) is 67.6 Å². The van der Waals surface area contributed by atoms with E-state index < -0.39 is 0 Å². The standard InChI is InChI=1S/C15H13Br2ClO/c1-10-4-2-3-5-12(10)9-19-15-13(16)6-11(8-18)7-14(15)17/h2-7H,8-9H2,1H3. The molecule has 0 saturated carbocycles. The molecule has 0 saturated heterocycles. The predicted octanol–water partition coefficient (Wildman–Crippen LogP) is 5.84. The molecular formula is C15H13Br2ClO. The quantitative estimate of drug-likeness (QED) is 0.582. The summed E-state index contributed by atoms with van der Waals surface area (Å²) in [6.45, 7) is 2.63. The van der Waals surface area contributed by atoms with Crippen LogP contribution < -0.4 is 4.74 Å². The maximum absolute atomic E-state index is 5.90. The van der Waals surface area contributed by atoms with Crippen molar-refractivity contribution in [2.24, 2.45) is 0 Å². The molecule has 0 amide bonds. The second kappa shape index (κ2) is 6.78. The van der Waals surface area contributed by atoms with Gasteiger partial charge in [0, 0.05) is 5.88 Å². The van der Waals surface area contributed by atoms with E-state index in [0.29, 0.717) is 12.5 Å². The highest BCUT2D eigenvalue weighted by Crippen LogP contribution is 2.35. The number of hydrogen-bond acceptors (Lipinski definition) is 1. The lowest BCUT2D eigenvalue weighted by molar-refractivity contribution is 0.301. The summed E-state index contributed by atoms with van der Waals surface area (Å²) in [6.07, 6.45) is 0. The van der Waals surface area contributed by atoms with E-state index in [1.807, 2.05) is 24.3 Å². The molecule has 2 rings (SSSR count). The predicted molar refractivity (Wildman–Crippen MR) is 86.9 cm³/mol. The molecule has 0 fully saturated rings. The van der Waals surface area contributed by atoms with Gasteiger partial charge in [-0.3, -0.25) is 0 Å². The molecule has 0 bridgehead atoms. The van der Waals surface area contributed by atoms with Gasteiger partial charge in [-0.15, -0.1) is 11.6 Å². The van der Waals surface area contributed by atoms with Crippen molar-refractivity contribution in [2.45, 2.75) is 19.4 Å². The van der Waals surface area contributed by atoms with Crippen LogP contribution in [0.25, 0.3) is 0 Å². The monoisotopic (exact) mass is 402 g/mol. The minimum absolute atomic E-state index is 0.481. The Balaban J connectivity index is 2.18. The van der Waals surface area contributed by atoms with Crippen LogP contribution in [0.3, 0.4) is 0 Å². The number of rotatable bonds is 4. The van der Waals surface area contributed by atoms with Gasteiger partial charge >= 0.3 is 0 Å². The van der Waals surface area contributed by atoms with Crippen molar-refractivity contribution in [1.29, 1.82) is 0 Å². The lowest BCUT2D eigenvalue weighted by atomic mass is 10.1. The number of benzene rings is 2. The molecule has 4 heteroatoms. The molecule has 0 aliphatic heterocycles. The Morgan fingerprint density at radius 3 is 2.32 bits per heavy atom. The minimum atomic E-state index is 0.481. The SMILES string of the molecule is Cc1ccccc1COc1c(Br)cc(CCl)cc1Br. The second-order valence-corrected chi connectivity index (χ2v) is 6.21. The summed E-state index contributed by atoms with van der Waals surface area (Å²) in [5.41, 5.74) is 3.46. The van der Waals surface area contributed by atoms with Gasteiger partial charge in [-0.1, -0.05) is 24.3 Å². The Hall–Kier alpha value is -0.510. The molecule has 0 aromatic heterocycles. The third kappa shape index (κ3) is 3.74. The Morgan fingerprint density at radius 2 is 1.74 bits per heavy atom. The fourth-order valence-electron chi connectivity index (χ4n) is 1.75. The molecule has 0 atom stereocenters. The smallest absolute Gasteiger partial charge is 0.148 e. The lowest BCUT2D eigenvalue weighted by Gasteiger charge is -2.13. The maximum atomic E-state index is 5.90. The molecule has 19 heavy (non-hydrogen) atoms. The zero-order chi connectivity index (χ0) is 13.8. The van der Waals surface area contributed by atoms with Crippen LogP contribution in [-0.2, 0) is 12.5 Å². The van der Waals surface area contributed by atoms with Gasteiger partial charge in [0.1, 0.15) is 12.4 Å². The third-order valence-electron chi connectivity index (χ3n) is 2.85. The van der Waals surface area contributed by atoms with Gasteiger partial charge in [0.2, 0.25) is 0 Å². The zero-order valence-corrected chi connectivity index (χ0v) is 14.3. The first-order valence-electron chi connectivity index (χ1n) is 5.83. The fraction of sp³-hybridized carbons (Fsp3) is 0.200. The van der Waals surface area contributed by atoms with Crippen molar-refractivity contribution in [3.63, 3.8) is 0 Å². The van der Waals surface area contributed by atoms with Crippen LogP contribution in [0.2, 0.25) is 0 Å². The number of hydrogen-bond donors (Lipinski definition) is 0. The molecule has 0 spiro atoms. The number of halogens is 3. The Morgan fingerprint density at radius 1 is 1.11 bits per heavy atom. The molecule has 0 radical (unpaired) electrons. The van der Waals surface area contributed by atoms with Gasteiger partial charge in [0.05, 0.1) is 8.95 Å². The van der Waals surface area contributed by atoms with E-state index in [-0.39, 0.29) is 0 Å². The van der Waals surface area contributed by atoms with Crippen LogP contribution in [0.1, 0.15) is 16.7 Å². The van der Waals surface area contributed by atoms with E-state index >= 15 is 0 Å². The van der Waals surface area contributed by atoms with E-state index in [2.05, 4.69) is 50.9 Å². The summed E-state index contributed by atoms with van der Waals surface area (Å²) in [4.78, 5) is 0. The summed E-state index contributed by atoms with van der Waals surface area (Å²) in [6, 6.07) is 12.2. The molecule has 100 valence electrons. The molecule has 0 N–H and O–H groups in total. The molecule has 0 heterocycles. The van der Waals surface area contributed by atoms with Crippen LogP contribution in [0.15, 0.2) is 45.3 Å². The zero-order valence-electron chi connectivity index (χ0n) is 10.4. The van der Waals surface area contributed by atoms with E-state index in [9.17, 15) is 0 Å². The van der Waals surface area contributed by atoms with Crippen molar-refractivity contribution in [1.82, 2.24) is 0 Å². The van der Waals surface area contributed by atoms with E-state index in [0.717, 1.165) is 20.3 Å². The summed E-state index contributed by atoms with van der Waals surface area (Å²) >= 11 is 12.9. The first kappa shape index (κ1) is 14.9. The van der Waals surface area contributed by atoms with Gasteiger partial charge in [0.15, 0.2) is 0 Å². The average Bonchev–Trinajstić information content (AvgIpc) is 2.39. The van der Waals surface area contributed by atoms with Crippen LogP contribution in [-0.4, -0.2) is 0 Å². The number of aryl methyl sites for hydroxylation is 1. The molecule has 0 aliphatic rings. The average molecular weight is 405 g/mol. The van der Waals surface area contributed by atoms with Crippen molar-refractivity contribution in [3.05, 3.63) is 62.0 Å². The van der Waals surface area contributed by atoms with Gasteiger partial charge in [-0.2, -0.15) is 0 Å². The van der Waals surface area contributed by atoms with Crippen molar-refractivity contribution >= 4 is 43.5 Å². The van der Waals surface area contributed by atoms with Crippen LogP contribution >= 0.6 is 43.5 Å². The molecule has 2 aromatic rings. The van der Waals surface area contributed by atoms with Gasteiger partial charge in [-0.25, -0.2) is 0 Å². The van der Waals surface area contributed by atoms with Crippen molar-refractivity contribution < 1.29 is 4.74 Å². The summed E-state index contributed by atoms with van der Waals surface area (Å²) < 4.78 is 7.71. The van der Waals surface area contributed by atoms with Crippen molar-refractivity contribution in [3.8, 4) is 5.75 Å². The topological polar surface area (TPSA) is 9.23 Å². The van der Waals surface area contributed by atoms with Crippen LogP contribution in [0, 0.1) is 6.92 Å². The maximum Gasteiger partial charge on any atom is 0.148 e. The van der Waals surface area contributed by atoms with Crippen LogP contribution in [0.5, 0.6) is 5.75 Å². The second-order valence-electron chi connectivity index (χ2n) is 4.24. The van der Waals surface area contributed by atoms with E-state index in [1.165, 1.54) is 11.1 Å². The van der Waals surface area contributed by atoms with Crippen LogP contribution in [0.4, 0.5) is 0 Å². The molecular weight excluding hydrogens is 391 g/mol. The first-order chi connectivity index (χ1) is 9.11. The molecule has 0 unspecified atom stereocenters. The Kier molecular flexibility index (Phi) is 5.31. The molecule has 0 aliphatic carbocycles. The van der Waals surface area contributed by atoms with Gasteiger partial charge < -0.3 is 4.74 Å². The highest BCUT2D eigenvalue weighted by atomic mass is 79.9. The summed E-state index contributed by atoms with van der Waals surface area (Å²) in [5.74, 6) is 1.28. The molecule has 1 nitrogen and oxygen atoms in total. The van der Waals surface area contributed by atoms with Crippen molar-refractivity contribution in [2.75, 3.05) is 0 Å². The third-order valence-corrected chi connectivity index (χ3v) is 4.33. The highest BCUT2D eigenvalue weighted by molar-refractivity contribution is 9.11. The minimum Gasteiger partial charge on any atom is -0.487 e. The number of alkyl halides is 1. The van der Waals surface area contributed by atoms with Gasteiger partial charge in [0.25, 0.3) is 0 Å². The van der Waals surface area contributed by atoms with E-state index in [4.69, 9.17) is 16.3 Å². The molecule has 2 aromatic carbocycles. The summed E-state index contributed by atoms with van der Waals surface area (Å²) in [7, 11) is 0. The van der Waals surface area contributed by atoms with E-state index in [1.54, 1.807) is 0 Å². The largest absolute Gasteiger partial charge is 0.487 e. The Labute approximate surface area is 135 Å². The lowest BCUT2D eigenvalue weighted by Crippen LogP contribution is -1.99. The summed E-state index contributed by atoms with van der Waals surface area (Å²) in [5, 5.41) is 0. The highest BCUT2D eigenvalue weighted by Gasteiger charge is 2.09. The first-order valence-corrected chi connectivity index (χ1v) is 7.95. The normalized spacial score (nSPS) is 10.5.